The summed E-state index contributed by atoms with van der Waals surface area (Å²) in [6.07, 6.45) is 2.14. The minimum Gasteiger partial charge on any atom is -0.461 e. The number of piperazine rings is 1. The molecule has 0 unspecified atom stereocenters. The number of amides is 2. The summed E-state index contributed by atoms with van der Waals surface area (Å²) < 4.78 is 5.89. The SMILES string of the molecule is Cc1cc(C(=O)N2CCN(C)[C@@]3(CCNC(=O)CC3)C2)c(-c2ccccc2)o1. The van der Waals surface area contributed by atoms with Crippen LogP contribution >= 0.6 is 0 Å². The van der Waals surface area contributed by atoms with Crippen molar-refractivity contribution in [2.24, 2.45) is 0 Å². The van der Waals surface area contributed by atoms with Crippen molar-refractivity contribution >= 4 is 11.8 Å². The lowest BCUT2D eigenvalue weighted by Crippen LogP contribution is -2.62. The summed E-state index contributed by atoms with van der Waals surface area (Å²) in [5.74, 6) is 1.47. The zero-order valence-corrected chi connectivity index (χ0v) is 16.5. The molecule has 6 heteroatoms. The normalized spacial score (nSPS) is 23.5. The molecule has 2 aliphatic heterocycles. The Kier molecular flexibility index (Phi) is 4.98. The van der Waals surface area contributed by atoms with Crippen LogP contribution in [0.4, 0.5) is 0 Å². The molecule has 2 saturated heterocycles. The van der Waals surface area contributed by atoms with Crippen LogP contribution in [-0.2, 0) is 4.79 Å². The molecule has 1 aromatic carbocycles. The predicted octanol–water partition coefficient (Wildman–Crippen LogP) is 2.68. The summed E-state index contributed by atoms with van der Waals surface area (Å²) >= 11 is 0. The van der Waals surface area contributed by atoms with Crippen molar-refractivity contribution in [1.29, 1.82) is 0 Å². The first-order valence-corrected chi connectivity index (χ1v) is 9.92. The zero-order chi connectivity index (χ0) is 19.7. The van der Waals surface area contributed by atoms with E-state index < -0.39 is 0 Å². The van der Waals surface area contributed by atoms with Crippen molar-refractivity contribution in [3.8, 4) is 11.3 Å². The van der Waals surface area contributed by atoms with E-state index in [4.69, 9.17) is 4.42 Å². The Balaban J connectivity index is 1.61. The van der Waals surface area contributed by atoms with E-state index in [1.165, 1.54) is 0 Å². The summed E-state index contributed by atoms with van der Waals surface area (Å²) in [6.45, 7) is 4.65. The molecule has 0 saturated carbocycles. The third-order valence-corrected chi connectivity index (χ3v) is 6.14. The van der Waals surface area contributed by atoms with Crippen LogP contribution in [0.1, 0.15) is 35.4 Å². The van der Waals surface area contributed by atoms with Gasteiger partial charge in [0, 0.05) is 43.7 Å². The Hall–Kier alpha value is -2.60. The summed E-state index contributed by atoms with van der Waals surface area (Å²) in [5.41, 5.74) is 1.37. The third kappa shape index (κ3) is 3.44. The van der Waals surface area contributed by atoms with Crippen LogP contribution in [0, 0.1) is 6.92 Å². The van der Waals surface area contributed by atoms with Gasteiger partial charge in [-0.3, -0.25) is 14.5 Å². The van der Waals surface area contributed by atoms with Gasteiger partial charge in [-0.15, -0.1) is 0 Å². The molecule has 2 fully saturated rings. The number of carbonyl (C=O) groups is 2. The number of furan rings is 1. The Labute approximate surface area is 165 Å². The number of likely N-dealkylation sites (N-methyl/N-ethyl adjacent to an activating group) is 1. The van der Waals surface area contributed by atoms with Crippen LogP contribution in [-0.4, -0.2) is 60.4 Å². The van der Waals surface area contributed by atoms with E-state index in [1.54, 1.807) is 0 Å². The highest BCUT2D eigenvalue weighted by atomic mass is 16.3. The van der Waals surface area contributed by atoms with E-state index in [-0.39, 0.29) is 17.4 Å². The van der Waals surface area contributed by atoms with E-state index >= 15 is 0 Å². The van der Waals surface area contributed by atoms with Crippen molar-refractivity contribution < 1.29 is 14.0 Å². The van der Waals surface area contributed by atoms with Crippen molar-refractivity contribution in [1.82, 2.24) is 15.1 Å². The van der Waals surface area contributed by atoms with Gasteiger partial charge in [-0.1, -0.05) is 30.3 Å². The molecule has 1 spiro atoms. The maximum Gasteiger partial charge on any atom is 0.257 e. The number of hydrogen-bond donors (Lipinski definition) is 1. The van der Waals surface area contributed by atoms with Gasteiger partial charge in [-0.25, -0.2) is 0 Å². The Morgan fingerprint density at radius 2 is 1.96 bits per heavy atom. The zero-order valence-electron chi connectivity index (χ0n) is 16.5. The number of rotatable bonds is 2. The second-order valence-corrected chi connectivity index (χ2v) is 7.94. The summed E-state index contributed by atoms with van der Waals surface area (Å²) in [7, 11) is 2.11. The average molecular weight is 381 g/mol. The van der Waals surface area contributed by atoms with Crippen LogP contribution in [0.5, 0.6) is 0 Å². The lowest BCUT2D eigenvalue weighted by molar-refractivity contribution is -0.121. The minimum atomic E-state index is -0.154. The van der Waals surface area contributed by atoms with Gasteiger partial charge < -0.3 is 14.6 Å². The molecule has 0 bridgehead atoms. The molecular weight excluding hydrogens is 354 g/mol. The van der Waals surface area contributed by atoms with Gasteiger partial charge in [-0.05, 0) is 32.9 Å². The molecule has 3 heterocycles. The molecule has 1 N–H and O–H groups in total. The maximum absolute atomic E-state index is 13.5. The Morgan fingerprint density at radius 3 is 2.75 bits per heavy atom. The number of hydrogen-bond acceptors (Lipinski definition) is 4. The highest BCUT2D eigenvalue weighted by Gasteiger charge is 2.42. The van der Waals surface area contributed by atoms with Gasteiger partial charge in [0.25, 0.3) is 5.91 Å². The fourth-order valence-corrected chi connectivity index (χ4v) is 4.42. The van der Waals surface area contributed by atoms with Gasteiger partial charge >= 0.3 is 0 Å². The fourth-order valence-electron chi connectivity index (χ4n) is 4.42. The smallest absolute Gasteiger partial charge is 0.257 e. The number of carbonyl (C=O) groups excluding carboxylic acids is 2. The Morgan fingerprint density at radius 1 is 1.18 bits per heavy atom. The van der Waals surface area contributed by atoms with Gasteiger partial charge in [0.2, 0.25) is 5.91 Å². The summed E-state index contributed by atoms with van der Waals surface area (Å²) in [4.78, 5) is 29.6. The molecule has 148 valence electrons. The molecule has 1 atom stereocenters. The average Bonchev–Trinajstić information content (AvgIpc) is 3.00. The first-order chi connectivity index (χ1) is 13.5. The van der Waals surface area contributed by atoms with Gasteiger partial charge in [0.05, 0.1) is 5.56 Å². The highest BCUT2D eigenvalue weighted by Crippen LogP contribution is 2.33. The lowest BCUT2D eigenvalue weighted by atomic mass is 9.86. The standard InChI is InChI=1S/C22H27N3O3/c1-16-14-18(20(28-16)17-6-4-3-5-7-17)21(27)25-13-12-24(2)22(15-25)9-8-19(26)23-11-10-22/h3-7,14H,8-13,15H2,1-2H3,(H,23,26)/t22-/m0/s1. The van der Waals surface area contributed by atoms with Crippen molar-refractivity contribution in [3.05, 3.63) is 47.7 Å². The lowest BCUT2D eigenvalue weighted by Gasteiger charge is -2.49. The number of nitrogens with zero attached hydrogens (tertiary/aromatic N) is 2. The van der Waals surface area contributed by atoms with Crippen LogP contribution in [0.2, 0.25) is 0 Å². The predicted molar refractivity (Wildman–Crippen MR) is 107 cm³/mol. The first-order valence-electron chi connectivity index (χ1n) is 9.92. The number of benzene rings is 1. The molecule has 2 amide bonds. The summed E-state index contributed by atoms with van der Waals surface area (Å²) in [6, 6.07) is 11.6. The van der Waals surface area contributed by atoms with Crippen LogP contribution in [0.25, 0.3) is 11.3 Å². The van der Waals surface area contributed by atoms with Gasteiger partial charge in [-0.2, -0.15) is 0 Å². The molecule has 2 aromatic rings. The van der Waals surface area contributed by atoms with Gasteiger partial charge in [0.15, 0.2) is 0 Å². The molecule has 6 nitrogen and oxygen atoms in total. The molecule has 4 rings (SSSR count). The van der Waals surface area contributed by atoms with Crippen molar-refractivity contribution in [2.75, 3.05) is 33.2 Å². The second kappa shape index (κ2) is 7.43. The Bertz CT molecular complexity index is 876. The number of nitrogens with one attached hydrogen (secondary N) is 1. The maximum atomic E-state index is 13.5. The van der Waals surface area contributed by atoms with E-state index in [0.29, 0.717) is 37.4 Å². The molecule has 2 aliphatic rings. The van der Waals surface area contributed by atoms with Gasteiger partial charge in [0.1, 0.15) is 11.5 Å². The van der Waals surface area contributed by atoms with Crippen molar-refractivity contribution in [2.45, 2.75) is 31.7 Å². The molecule has 0 aliphatic carbocycles. The molecule has 1 aromatic heterocycles. The highest BCUT2D eigenvalue weighted by molar-refractivity contribution is 6.00. The topological polar surface area (TPSA) is 65.8 Å². The second-order valence-electron chi connectivity index (χ2n) is 7.94. The molecule has 28 heavy (non-hydrogen) atoms. The summed E-state index contributed by atoms with van der Waals surface area (Å²) in [5, 5.41) is 2.96. The van der Waals surface area contributed by atoms with Crippen LogP contribution in [0.15, 0.2) is 40.8 Å². The van der Waals surface area contributed by atoms with E-state index in [1.807, 2.05) is 48.2 Å². The fraction of sp³-hybridized carbons (Fsp3) is 0.455. The van der Waals surface area contributed by atoms with E-state index in [2.05, 4.69) is 17.3 Å². The quantitative estimate of drug-likeness (QED) is 0.869. The monoisotopic (exact) mass is 381 g/mol. The van der Waals surface area contributed by atoms with Crippen molar-refractivity contribution in [3.63, 3.8) is 0 Å². The first kappa shape index (κ1) is 18.7. The van der Waals surface area contributed by atoms with Crippen LogP contribution < -0.4 is 5.32 Å². The van der Waals surface area contributed by atoms with E-state index in [0.717, 1.165) is 30.7 Å². The molecule has 0 radical (unpaired) electrons. The molecular formula is C22H27N3O3. The van der Waals surface area contributed by atoms with Crippen LogP contribution in [0.3, 0.4) is 0 Å². The van der Waals surface area contributed by atoms with E-state index in [9.17, 15) is 9.59 Å². The third-order valence-electron chi connectivity index (χ3n) is 6.14. The largest absolute Gasteiger partial charge is 0.461 e. The minimum absolute atomic E-state index is 0.00621. The number of aryl methyl sites for hydroxylation is 1.